The normalized spacial score (nSPS) is 22.9. The summed E-state index contributed by atoms with van der Waals surface area (Å²) in [6, 6.07) is 11.6. The topological polar surface area (TPSA) is 53.1 Å². The number of likely N-dealkylation sites (tertiary alicyclic amines) is 1. The summed E-state index contributed by atoms with van der Waals surface area (Å²) in [7, 11) is 0. The van der Waals surface area contributed by atoms with Crippen LogP contribution in [0.1, 0.15) is 55.2 Å². The van der Waals surface area contributed by atoms with Gasteiger partial charge in [0.1, 0.15) is 17.9 Å². The molecule has 32 heavy (non-hydrogen) atoms. The Balaban J connectivity index is 1.23. The van der Waals surface area contributed by atoms with Gasteiger partial charge in [-0.15, -0.1) is 0 Å². The van der Waals surface area contributed by atoms with Crippen molar-refractivity contribution in [1.82, 2.24) is 14.8 Å². The molecule has 3 aliphatic rings. The number of nitrogens with zero attached hydrogens (tertiary/aromatic N) is 3. The predicted molar refractivity (Wildman–Crippen MR) is 128 cm³/mol. The van der Waals surface area contributed by atoms with Crippen molar-refractivity contribution in [2.45, 2.75) is 57.8 Å². The van der Waals surface area contributed by atoms with E-state index in [4.69, 9.17) is 14.5 Å². The first-order chi connectivity index (χ1) is 15.7. The molecule has 5 rings (SSSR count). The van der Waals surface area contributed by atoms with Crippen LogP contribution in [0, 0.1) is 0 Å². The number of aromatic nitrogens is 1. The lowest BCUT2D eigenvalue weighted by atomic mass is 9.96. The first-order valence-corrected chi connectivity index (χ1v) is 12.2. The van der Waals surface area contributed by atoms with Crippen LogP contribution in [0.2, 0.25) is 0 Å². The monoisotopic (exact) mass is 436 g/mol. The lowest BCUT2D eigenvalue weighted by Gasteiger charge is -2.34. The number of ether oxygens (including phenoxy) is 2. The number of piperidine rings is 1. The number of fused-ring (bicyclic) bond motifs is 1. The smallest absolute Gasteiger partial charge is 0.119 e. The van der Waals surface area contributed by atoms with Crippen molar-refractivity contribution in [2.75, 3.05) is 39.4 Å². The molecular weight excluding hydrogens is 400 g/mol. The van der Waals surface area contributed by atoms with Gasteiger partial charge >= 0.3 is 0 Å². The Morgan fingerprint density at radius 1 is 1.09 bits per heavy atom. The maximum Gasteiger partial charge on any atom is 0.119 e. The first kappa shape index (κ1) is 21.7. The molecule has 2 fully saturated rings. The first-order valence-electron chi connectivity index (χ1n) is 12.2. The molecule has 1 N–H and O–H groups in total. The molecule has 1 atom stereocenters. The average molecular weight is 437 g/mol. The SMILES string of the molecule is CC(C)N1CCC(Oc2ccc(C3N=CCc4[nH]c(CN5CCOCC5)cc43)cc2)CC1. The molecule has 1 aromatic carbocycles. The molecule has 2 aromatic rings. The fraction of sp³-hybridized carbons (Fsp3) is 0.577. The highest BCUT2D eigenvalue weighted by Crippen LogP contribution is 2.33. The van der Waals surface area contributed by atoms with E-state index in [1.807, 2.05) is 0 Å². The highest BCUT2D eigenvalue weighted by Gasteiger charge is 2.24. The van der Waals surface area contributed by atoms with E-state index in [1.165, 1.54) is 22.5 Å². The predicted octanol–water partition coefficient (Wildman–Crippen LogP) is 3.81. The lowest BCUT2D eigenvalue weighted by Crippen LogP contribution is -2.41. The zero-order valence-corrected chi connectivity index (χ0v) is 19.4. The summed E-state index contributed by atoms with van der Waals surface area (Å²) < 4.78 is 11.8. The van der Waals surface area contributed by atoms with Gasteiger partial charge in [0.2, 0.25) is 0 Å². The third-order valence-electron chi connectivity index (χ3n) is 7.04. The number of benzene rings is 1. The summed E-state index contributed by atoms with van der Waals surface area (Å²) >= 11 is 0. The van der Waals surface area contributed by atoms with E-state index in [1.54, 1.807) is 0 Å². The van der Waals surface area contributed by atoms with Gasteiger partial charge in [0, 0.05) is 68.4 Å². The van der Waals surface area contributed by atoms with Gasteiger partial charge in [0.05, 0.1) is 13.2 Å². The van der Waals surface area contributed by atoms with Crippen LogP contribution < -0.4 is 4.74 Å². The molecule has 2 saturated heterocycles. The lowest BCUT2D eigenvalue weighted by molar-refractivity contribution is 0.0337. The van der Waals surface area contributed by atoms with Gasteiger partial charge in [-0.1, -0.05) is 12.1 Å². The van der Waals surface area contributed by atoms with Crippen LogP contribution in [0.5, 0.6) is 5.75 Å². The molecule has 1 unspecified atom stereocenters. The quantitative estimate of drug-likeness (QED) is 0.748. The van der Waals surface area contributed by atoms with Crippen LogP contribution in [-0.4, -0.2) is 72.5 Å². The number of morpholine rings is 1. The highest BCUT2D eigenvalue weighted by atomic mass is 16.5. The summed E-state index contributed by atoms with van der Waals surface area (Å²) in [6.45, 7) is 11.4. The molecule has 3 aliphatic heterocycles. The largest absolute Gasteiger partial charge is 0.490 e. The molecule has 6 nitrogen and oxygen atoms in total. The number of hydrogen-bond acceptors (Lipinski definition) is 5. The zero-order chi connectivity index (χ0) is 21.9. The molecule has 4 heterocycles. The Morgan fingerprint density at radius 2 is 1.84 bits per heavy atom. The maximum atomic E-state index is 6.30. The zero-order valence-electron chi connectivity index (χ0n) is 19.4. The van der Waals surface area contributed by atoms with E-state index < -0.39 is 0 Å². The number of nitrogens with one attached hydrogen (secondary N) is 1. The second kappa shape index (κ2) is 9.77. The summed E-state index contributed by atoms with van der Waals surface area (Å²) in [5, 5.41) is 0. The average Bonchev–Trinajstić information content (AvgIpc) is 3.23. The summed E-state index contributed by atoms with van der Waals surface area (Å²) in [5.41, 5.74) is 5.11. The van der Waals surface area contributed by atoms with Gasteiger partial charge in [-0.3, -0.25) is 9.89 Å². The van der Waals surface area contributed by atoms with E-state index in [0.29, 0.717) is 12.1 Å². The standard InChI is InChI=1S/C26H36N4O2/c1-19(2)30-11-8-23(9-12-30)32-22-5-3-20(4-6-22)26-24-17-21(28-25(24)7-10-27-26)18-29-13-15-31-16-14-29/h3-6,10,17,19,23,26,28H,7-9,11-16,18H2,1-2H3. The van der Waals surface area contributed by atoms with Gasteiger partial charge < -0.3 is 19.4 Å². The fourth-order valence-corrected chi connectivity index (χ4v) is 5.10. The third-order valence-corrected chi connectivity index (χ3v) is 7.04. The van der Waals surface area contributed by atoms with E-state index in [-0.39, 0.29) is 6.04 Å². The van der Waals surface area contributed by atoms with E-state index >= 15 is 0 Å². The molecular formula is C26H36N4O2. The van der Waals surface area contributed by atoms with Crippen molar-refractivity contribution >= 4 is 6.21 Å². The van der Waals surface area contributed by atoms with E-state index in [0.717, 1.165) is 70.9 Å². The molecule has 0 saturated carbocycles. The second-order valence-electron chi connectivity index (χ2n) is 9.57. The van der Waals surface area contributed by atoms with Crippen LogP contribution in [0.25, 0.3) is 0 Å². The highest BCUT2D eigenvalue weighted by molar-refractivity contribution is 5.66. The second-order valence-corrected chi connectivity index (χ2v) is 9.57. The van der Waals surface area contributed by atoms with Crippen molar-refractivity contribution in [3.63, 3.8) is 0 Å². The van der Waals surface area contributed by atoms with Gasteiger partial charge in [-0.2, -0.15) is 0 Å². The number of aliphatic imine (C=N–C) groups is 1. The van der Waals surface area contributed by atoms with Gasteiger partial charge in [-0.25, -0.2) is 0 Å². The van der Waals surface area contributed by atoms with Crippen LogP contribution >= 0.6 is 0 Å². The molecule has 0 radical (unpaired) electrons. The third kappa shape index (κ3) is 4.92. The summed E-state index contributed by atoms with van der Waals surface area (Å²) in [5.74, 6) is 0.971. The Bertz CT molecular complexity index is 906. The molecule has 1 aromatic heterocycles. The van der Waals surface area contributed by atoms with Crippen molar-refractivity contribution in [3.05, 3.63) is 52.8 Å². The van der Waals surface area contributed by atoms with Gasteiger partial charge in [-0.05, 0) is 50.5 Å². The Morgan fingerprint density at radius 3 is 2.56 bits per heavy atom. The Hall–Kier alpha value is -2.15. The van der Waals surface area contributed by atoms with Crippen LogP contribution in [0.4, 0.5) is 0 Å². The number of aromatic amines is 1. The van der Waals surface area contributed by atoms with Crippen molar-refractivity contribution in [1.29, 1.82) is 0 Å². The fourth-order valence-electron chi connectivity index (χ4n) is 5.10. The molecule has 6 heteroatoms. The molecule has 0 bridgehead atoms. The maximum absolute atomic E-state index is 6.30. The van der Waals surface area contributed by atoms with Crippen molar-refractivity contribution in [3.8, 4) is 5.75 Å². The minimum atomic E-state index is 0.0665. The van der Waals surface area contributed by atoms with Crippen LogP contribution in [0.3, 0.4) is 0 Å². The number of hydrogen-bond donors (Lipinski definition) is 1. The van der Waals surface area contributed by atoms with Gasteiger partial charge in [0.25, 0.3) is 0 Å². The van der Waals surface area contributed by atoms with Crippen LogP contribution in [0.15, 0.2) is 35.3 Å². The van der Waals surface area contributed by atoms with Crippen molar-refractivity contribution in [2.24, 2.45) is 4.99 Å². The van der Waals surface area contributed by atoms with Crippen molar-refractivity contribution < 1.29 is 9.47 Å². The number of H-pyrrole nitrogens is 1. The Labute approximate surface area is 191 Å². The summed E-state index contributed by atoms with van der Waals surface area (Å²) in [4.78, 5) is 13.5. The number of rotatable bonds is 6. The molecule has 0 spiro atoms. The molecule has 0 aliphatic carbocycles. The van der Waals surface area contributed by atoms with Crippen LogP contribution in [-0.2, 0) is 17.7 Å². The minimum Gasteiger partial charge on any atom is -0.490 e. The van der Waals surface area contributed by atoms with E-state index in [2.05, 4.69) is 65.2 Å². The molecule has 0 amide bonds. The minimum absolute atomic E-state index is 0.0665. The van der Waals surface area contributed by atoms with Gasteiger partial charge in [0.15, 0.2) is 0 Å². The summed E-state index contributed by atoms with van der Waals surface area (Å²) in [6.07, 6.45) is 5.46. The molecule has 172 valence electrons. The Kier molecular flexibility index (Phi) is 6.62. The van der Waals surface area contributed by atoms with E-state index in [9.17, 15) is 0 Å².